The van der Waals surface area contributed by atoms with Crippen LogP contribution in [0.2, 0.25) is 0 Å². The van der Waals surface area contributed by atoms with Crippen molar-refractivity contribution in [3.63, 3.8) is 0 Å². The van der Waals surface area contributed by atoms with Crippen molar-refractivity contribution in [3.05, 3.63) is 17.4 Å². The van der Waals surface area contributed by atoms with E-state index in [-0.39, 0.29) is 30.0 Å². The van der Waals surface area contributed by atoms with Crippen LogP contribution in [0.5, 0.6) is 17.2 Å². The molecule has 1 heterocycles. The van der Waals surface area contributed by atoms with Crippen LogP contribution in [-0.4, -0.2) is 36.9 Å². The smallest absolute Gasteiger partial charge is 0.307 e. The largest absolute Gasteiger partial charge is 0.504 e. The van der Waals surface area contributed by atoms with Crippen LogP contribution in [0.4, 0.5) is 4.39 Å². The minimum absolute atomic E-state index is 0.151. The van der Waals surface area contributed by atoms with E-state index in [2.05, 4.69) is 5.32 Å². The van der Waals surface area contributed by atoms with Gasteiger partial charge in [-0.05, 0) is 12.5 Å². The predicted molar refractivity (Wildman–Crippen MR) is 67.7 cm³/mol. The van der Waals surface area contributed by atoms with E-state index in [4.69, 9.17) is 14.6 Å². The number of benzene rings is 1. The van der Waals surface area contributed by atoms with Gasteiger partial charge in [-0.15, -0.1) is 0 Å². The SMILES string of the molecule is COc1cc(C2CC(C(=O)O)CN2)c(O)c(F)c1OC. The predicted octanol–water partition coefficient (Wildman–Crippen LogP) is 1.28. The van der Waals surface area contributed by atoms with Gasteiger partial charge in [0.05, 0.1) is 20.1 Å². The van der Waals surface area contributed by atoms with Crippen LogP contribution in [0, 0.1) is 11.7 Å². The minimum atomic E-state index is -0.916. The molecule has 0 aliphatic carbocycles. The van der Waals surface area contributed by atoms with Crippen LogP contribution in [-0.2, 0) is 4.79 Å². The number of aromatic hydroxyl groups is 1. The van der Waals surface area contributed by atoms with Crippen molar-refractivity contribution >= 4 is 5.97 Å². The molecule has 0 spiro atoms. The molecule has 7 heteroatoms. The maximum atomic E-state index is 14.0. The lowest BCUT2D eigenvalue weighted by Crippen LogP contribution is -2.17. The number of carbonyl (C=O) groups is 1. The molecule has 0 amide bonds. The van der Waals surface area contributed by atoms with E-state index in [1.165, 1.54) is 20.3 Å². The number of ether oxygens (including phenoxy) is 2. The Morgan fingerprint density at radius 1 is 1.45 bits per heavy atom. The monoisotopic (exact) mass is 285 g/mol. The van der Waals surface area contributed by atoms with Gasteiger partial charge in [0.25, 0.3) is 0 Å². The van der Waals surface area contributed by atoms with Gasteiger partial charge in [0.15, 0.2) is 11.5 Å². The third-order valence-electron chi connectivity index (χ3n) is 3.47. The highest BCUT2D eigenvalue weighted by molar-refractivity contribution is 5.71. The number of aliphatic carboxylic acids is 1. The van der Waals surface area contributed by atoms with Gasteiger partial charge in [-0.2, -0.15) is 4.39 Å². The van der Waals surface area contributed by atoms with E-state index in [1.54, 1.807) is 0 Å². The Balaban J connectivity index is 2.38. The van der Waals surface area contributed by atoms with Gasteiger partial charge in [-0.3, -0.25) is 4.79 Å². The third-order valence-corrected chi connectivity index (χ3v) is 3.47. The van der Waals surface area contributed by atoms with Crippen LogP contribution in [0.15, 0.2) is 6.07 Å². The number of hydrogen-bond acceptors (Lipinski definition) is 5. The van der Waals surface area contributed by atoms with Crippen LogP contribution < -0.4 is 14.8 Å². The molecular formula is C13H16FNO5. The maximum Gasteiger partial charge on any atom is 0.307 e. The van der Waals surface area contributed by atoms with E-state index in [1.807, 2.05) is 0 Å². The molecule has 6 nitrogen and oxygen atoms in total. The first-order chi connectivity index (χ1) is 9.49. The number of phenols is 1. The van der Waals surface area contributed by atoms with Crippen molar-refractivity contribution in [2.45, 2.75) is 12.5 Å². The summed E-state index contributed by atoms with van der Waals surface area (Å²) in [6.07, 6.45) is 0.276. The fourth-order valence-corrected chi connectivity index (χ4v) is 2.39. The Hall–Kier alpha value is -2.02. The standard InChI is InChI=1S/C13H16FNO5/c1-19-9-4-7(11(16)10(14)12(9)20-2)8-3-6(5-15-8)13(17)18/h4,6,8,15-16H,3,5H2,1-2H3,(H,17,18). The van der Waals surface area contributed by atoms with E-state index >= 15 is 0 Å². The second kappa shape index (κ2) is 5.54. The van der Waals surface area contributed by atoms with E-state index in [0.29, 0.717) is 0 Å². The number of nitrogens with one attached hydrogen (secondary N) is 1. The third kappa shape index (κ3) is 2.36. The number of methoxy groups -OCH3 is 2. The van der Waals surface area contributed by atoms with Crippen LogP contribution in [0.25, 0.3) is 0 Å². The molecule has 0 radical (unpaired) electrons. The zero-order valence-electron chi connectivity index (χ0n) is 11.1. The van der Waals surface area contributed by atoms with E-state index < -0.39 is 29.5 Å². The van der Waals surface area contributed by atoms with Crippen molar-refractivity contribution in [2.75, 3.05) is 20.8 Å². The van der Waals surface area contributed by atoms with Crippen LogP contribution >= 0.6 is 0 Å². The molecule has 1 fully saturated rings. The summed E-state index contributed by atoms with van der Waals surface area (Å²) >= 11 is 0. The summed E-state index contributed by atoms with van der Waals surface area (Å²) in [7, 11) is 2.63. The van der Waals surface area contributed by atoms with Gasteiger partial charge in [-0.25, -0.2) is 0 Å². The molecule has 110 valence electrons. The summed E-state index contributed by atoms with van der Waals surface area (Å²) in [6, 6.07) is 1.02. The summed E-state index contributed by atoms with van der Waals surface area (Å²) < 4.78 is 23.9. The summed E-state index contributed by atoms with van der Waals surface area (Å²) in [5, 5.41) is 21.8. The zero-order chi connectivity index (χ0) is 14.9. The lowest BCUT2D eigenvalue weighted by molar-refractivity contribution is -0.141. The van der Waals surface area contributed by atoms with E-state index in [0.717, 1.165) is 0 Å². The number of hydrogen-bond donors (Lipinski definition) is 3. The molecule has 1 aromatic rings. The highest BCUT2D eigenvalue weighted by Gasteiger charge is 2.33. The second-order valence-corrected chi connectivity index (χ2v) is 4.60. The van der Waals surface area contributed by atoms with Gasteiger partial charge in [0.2, 0.25) is 11.6 Å². The first-order valence-corrected chi connectivity index (χ1v) is 6.09. The number of carboxylic acids is 1. The summed E-state index contributed by atoms with van der Waals surface area (Å²) in [6.45, 7) is 0.273. The molecule has 20 heavy (non-hydrogen) atoms. The Kier molecular flexibility index (Phi) is 3.99. The summed E-state index contributed by atoms with van der Waals surface area (Å²) in [5.41, 5.74) is 0.268. The van der Waals surface area contributed by atoms with Crippen molar-refractivity contribution in [3.8, 4) is 17.2 Å². The van der Waals surface area contributed by atoms with Gasteiger partial charge < -0.3 is 25.0 Å². The first kappa shape index (κ1) is 14.4. The summed E-state index contributed by atoms with van der Waals surface area (Å²) in [5.74, 6) is -2.97. The normalized spacial score (nSPS) is 21.8. The Morgan fingerprint density at radius 3 is 2.65 bits per heavy atom. The van der Waals surface area contributed by atoms with Crippen LogP contribution in [0.1, 0.15) is 18.0 Å². The lowest BCUT2D eigenvalue weighted by atomic mass is 9.98. The topological polar surface area (TPSA) is 88.0 Å². The maximum absolute atomic E-state index is 14.0. The van der Waals surface area contributed by atoms with Crippen LogP contribution in [0.3, 0.4) is 0 Å². The van der Waals surface area contributed by atoms with E-state index in [9.17, 15) is 14.3 Å². The van der Waals surface area contributed by atoms with Gasteiger partial charge >= 0.3 is 5.97 Å². The quantitative estimate of drug-likeness (QED) is 0.772. The summed E-state index contributed by atoms with van der Waals surface area (Å²) in [4.78, 5) is 10.9. The molecule has 1 aliphatic heterocycles. The van der Waals surface area contributed by atoms with Crippen molar-refractivity contribution in [1.29, 1.82) is 0 Å². The molecule has 1 aliphatic rings. The molecular weight excluding hydrogens is 269 g/mol. The number of rotatable bonds is 4. The van der Waals surface area contributed by atoms with Crippen molar-refractivity contribution in [2.24, 2.45) is 5.92 Å². The highest BCUT2D eigenvalue weighted by Crippen LogP contribution is 2.42. The molecule has 0 aromatic heterocycles. The molecule has 0 bridgehead atoms. The molecule has 2 unspecified atom stereocenters. The molecule has 0 saturated carbocycles. The Bertz CT molecular complexity index is 534. The fourth-order valence-electron chi connectivity index (χ4n) is 2.39. The molecule has 2 rings (SSSR count). The van der Waals surface area contributed by atoms with Crippen molar-refractivity contribution < 1.29 is 28.9 Å². The van der Waals surface area contributed by atoms with Crippen molar-refractivity contribution in [1.82, 2.24) is 5.32 Å². The molecule has 3 N–H and O–H groups in total. The number of halogens is 1. The number of carboxylic acid groups (broad SMARTS) is 1. The van der Waals surface area contributed by atoms with Gasteiger partial charge in [0, 0.05) is 18.2 Å². The average Bonchev–Trinajstić information content (AvgIpc) is 2.91. The van der Waals surface area contributed by atoms with Gasteiger partial charge in [0.1, 0.15) is 0 Å². The Labute approximate surface area is 115 Å². The lowest BCUT2D eigenvalue weighted by Gasteiger charge is -2.17. The molecule has 1 aromatic carbocycles. The first-order valence-electron chi connectivity index (χ1n) is 6.09. The van der Waals surface area contributed by atoms with Gasteiger partial charge in [-0.1, -0.05) is 0 Å². The Morgan fingerprint density at radius 2 is 2.15 bits per heavy atom. The molecule has 2 atom stereocenters. The average molecular weight is 285 g/mol. The minimum Gasteiger partial charge on any atom is -0.504 e. The fraction of sp³-hybridized carbons (Fsp3) is 0.462. The zero-order valence-corrected chi connectivity index (χ0v) is 11.1. The molecule has 1 saturated heterocycles. The number of phenolic OH excluding ortho intramolecular Hbond substituents is 1. The highest BCUT2D eigenvalue weighted by atomic mass is 19.1. The second-order valence-electron chi connectivity index (χ2n) is 4.60.